The highest BCUT2D eigenvalue weighted by Gasteiger charge is 2.19. The molecule has 6 heteroatoms. The van der Waals surface area contributed by atoms with Crippen LogP contribution in [0.4, 0.5) is 0 Å². The van der Waals surface area contributed by atoms with Crippen molar-refractivity contribution in [2.45, 2.75) is 245 Å². The Hall–Kier alpha value is -3.41. The smallest absolute Gasteiger partial charge is 0.306 e. The SMILES string of the molecule is CC/C=C\C/C=C\C/C=C\C/C=C\CCCCC(=O)O[C@H](COC(=O)CCCCCCC/C=C\CCCCCC)COC(=O)CCCCCCCCC/C=C\C/C=C\CCCCC. The van der Waals surface area contributed by atoms with Crippen LogP contribution in [0, 0.1) is 0 Å². The number of unbranched alkanes of at least 4 members (excludes halogenated alkanes) is 21. The lowest BCUT2D eigenvalue weighted by atomic mass is 10.1. The van der Waals surface area contributed by atoms with Crippen LogP contribution in [0.5, 0.6) is 0 Å². The van der Waals surface area contributed by atoms with Crippen LogP contribution in [0.2, 0.25) is 0 Å². The number of hydrogen-bond donors (Lipinski definition) is 0. The van der Waals surface area contributed by atoms with Crippen LogP contribution in [0.15, 0.2) is 85.1 Å². The number of carbonyl (C=O) groups is 3. The van der Waals surface area contributed by atoms with Gasteiger partial charge in [-0.25, -0.2) is 0 Å². The normalized spacial score (nSPS) is 12.7. The van der Waals surface area contributed by atoms with Crippen LogP contribution >= 0.6 is 0 Å². The summed E-state index contributed by atoms with van der Waals surface area (Å²) in [5.41, 5.74) is 0. The van der Waals surface area contributed by atoms with Crippen LogP contribution in [0.1, 0.15) is 239 Å². The second kappa shape index (κ2) is 51.2. The zero-order valence-electron chi connectivity index (χ0n) is 41.1. The summed E-state index contributed by atoms with van der Waals surface area (Å²) in [7, 11) is 0. The number of hydrogen-bond acceptors (Lipinski definition) is 6. The Kier molecular flexibility index (Phi) is 48.5. The average Bonchev–Trinajstić information content (AvgIpc) is 3.28. The van der Waals surface area contributed by atoms with Crippen LogP contribution in [0.25, 0.3) is 0 Å². The molecule has 0 unspecified atom stereocenters. The molecule has 0 bridgehead atoms. The molecule has 0 saturated heterocycles. The Morgan fingerprint density at radius 2 is 0.619 bits per heavy atom. The summed E-state index contributed by atoms with van der Waals surface area (Å²) in [6, 6.07) is 0. The molecule has 0 radical (unpaired) electrons. The summed E-state index contributed by atoms with van der Waals surface area (Å²) >= 11 is 0. The molecule has 6 nitrogen and oxygen atoms in total. The quantitative estimate of drug-likeness (QED) is 0.0262. The third-order valence-corrected chi connectivity index (χ3v) is 10.9. The maximum atomic E-state index is 12.8. The van der Waals surface area contributed by atoms with E-state index in [0.29, 0.717) is 19.3 Å². The molecule has 0 aliphatic carbocycles. The monoisotopic (exact) mass is 877 g/mol. The molecule has 360 valence electrons. The predicted molar refractivity (Wildman–Crippen MR) is 270 cm³/mol. The van der Waals surface area contributed by atoms with Gasteiger partial charge in [-0.15, -0.1) is 0 Å². The standard InChI is InChI=1S/C57H96O6/c1-4-7-10-13-16-19-22-25-27-28-30-32-35-38-41-44-47-50-56(59)62-53-54(52-61-55(58)49-46-43-40-37-34-31-24-21-18-15-12-9-6-3)63-57(60)51-48-45-42-39-36-33-29-26-23-20-17-14-11-8-5-2/h8,11,16-17,19-21,24-27,29,36,39,54H,4-7,9-10,12-15,18,22-23,28,30-35,37-38,40-53H2,1-3H3/b11-8-,19-16-,20-17-,24-21-,27-25-,29-26-,39-36-/t54-/m1/s1. The van der Waals surface area contributed by atoms with Crippen LogP contribution < -0.4 is 0 Å². The largest absolute Gasteiger partial charge is 0.462 e. The van der Waals surface area contributed by atoms with Crippen LogP contribution in [-0.4, -0.2) is 37.2 Å². The van der Waals surface area contributed by atoms with Gasteiger partial charge in [-0.3, -0.25) is 14.4 Å². The first-order valence-electron chi connectivity index (χ1n) is 26.1. The van der Waals surface area contributed by atoms with E-state index >= 15 is 0 Å². The number of esters is 3. The van der Waals surface area contributed by atoms with Crippen LogP contribution in [-0.2, 0) is 28.6 Å². The van der Waals surface area contributed by atoms with Gasteiger partial charge in [-0.2, -0.15) is 0 Å². The van der Waals surface area contributed by atoms with E-state index in [4.69, 9.17) is 14.2 Å². The molecule has 0 heterocycles. The summed E-state index contributed by atoms with van der Waals surface area (Å²) in [5, 5.41) is 0. The van der Waals surface area contributed by atoms with Crippen molar-refractivity contribution in [1.82, 2.24) is 0 Å². The van der Waals surface area contributed by atoms with Crippen molar-refractivity contribution in [2.24, 2.45) is 0 Å². The molecule has 0 rings (SSSR count). The van der Waals surface area contributed by atoms with Gasteiger partial charge in [-0.1, -0.05) is 189 Å². The molecule has 0 aromatic heterocycles. The fraction of sp³-hybridized carbons (Fsp3) is 0.702. The number of carbonyl (C=O) groups excluding carboxylic acids is 3. The Balaban J connectivity index is 4.47. The molecule has 1 atom stereocenters. The first kappa shape index (κ1) is 59.6. The summed E-state index contributed by atoms with van der Waals surface area (Å²) in [4.78, 5) is 38.0. The zero-order valence-corrected chi connectivity index (χ0v) is 41.1. The molecule has 0 aromatic rings. The van der Waals surface area contributed by atoms with E-state index in [2.05, 4.69) is 106 Å². The highest BCUT2D eigenvalue weighted by Crippen LogP contribution is 2.13. The third kappa shape index (κ3) is 49.5. The van der Waals surface area contributed by atoms with E-state index in [-0.39, 0.29) is 37.5 Å². The molecule has 0 aliphatic rings. The lowest BCUT2D eigenvalue weighted by Gasteiger charge is -2.18. The zero-order chi connectivity index (χ0) is 45.8. The van der Waals surface area contributed by atoms with Gasteiger partial charge in [0.05, 0.1) is 0 Å². The van der Waals surface area contributed by atoms with Gasteiger partial charge in [0.25, 0.3) is 0 Å². The molecular formula is C57H96O6. The number of ether oxygens (including phenoxy) is 3. The Bertz CT molecular complexity index is 1240. The van der Waals surface area contributed by atoms with Gasteiger partial charge in [0, 0.05) is 19.3 Å². The highest BCUT2D eigenvalue weighted by molar-refractivity contribution is 5.71. The molecule has 63 heavy (non-hydrogen) atoms. The second-order valence-electron chi connectivity index (χ2n) is 17.0. The summed E-state index contributed by atoms with van der Waals surface area (Å²) in [6.07, 6.45) is 65.6. The van der Waals surface area contributed by atoms with Crippen molar-refractivity contribution in [1.29, 1.82) is 0 Å². The van der Waals surface area contributed by atoms with E-state index in [1.807, 2.05) is 0 Å². The van der Waals surface area contributed by atoms with Gasteiger partial charge in [-0.05, 0) is 116 Å². The molecular weight excluding hydrogens is 781 g/mol. The van der Waals surface area contributed by atoms with Gasteiger partial charge in [0.2, 0.25) is 0 Å². The molecule has 0 saturated carbocycles. The van der Waals surface area contributed by atoms with Crippen molar-refractivity contribution >= 4 is 17.9 Å². The predicted octanol–water partition coefficient (Wildman–Crippen LogP) is 17.2. The van der Waals surface area contributed by atoms with Gasteiger partial charge >= 0.3 is 17.9 Å². The van der Waals surface area contributed by atoms with Crippen molar-refractivity contribution in [3.63, 3.8) is 0 Å². The van der Waals surface area contributed by atoms with Crippen LogP contribution in [0.3, 0.4) is 0 Å². The van der Waals surface area contributed by atoms with Gasteiger partial charge < -0.3 is 14.2 Å². The summed E-state index contributed by atoms with van der Waals surface area (Å²) in [5.74, 6) is -0.959. The van der Waals surface area contributed by atoms with E-state index < -0.39 is 6.10 Å². The fourth-order valence-electron chi connectivity index (χ4n) is 6.93. The minimum Gasteiger partial charge on any atom is -0.462 e. The molecule has 0 N–H and O–H groups in total. The first-order chi connectivity index (χ1) is 31.0. The average molecular weight is 877 g/mol. The van der Waals surface area contributed by atoms with Crippen molar-refractivity contribution in [2.75, 3.05) is 13.2 Å². The highest BCUT2D eigenvalue weighted by atomic mass is 16.6. The topological polar surface area (TPSA) is 78.9 Å². The van der Waals surface area contributed by atoms with E-state index in [9.17, 15) is 14.4 Å². The van der Waals surface area contributed by atoms with Crippen molar-refractivity contribution in [3.8, 4) is 0 Å². The first-order valence-corrected chi connectivity index (χ1v) is 26.1. The maximum absolute atomic E-state index is 12.8. The lowest BCUT2D eigenvalue weighted by molar-refractivity contribution is -0.167. The fourth-order valence-corrected chi connectivity index (χ4v) is 6.93. The minimum atomic E-state index is -0.804. The number of rotatable bonds is 46. The maximum Gasteiger partial charge on any atom is 0.306 e. The van der Waals surface area contributed by atoms with E-state index in [1.165, 1.54) is 89.9 Å². The Labute approximate surface area is 388 Å². The van der Waals surface area contributed by atoms with Crippen molar-refractivity contribution < 1.29 is 28.6 Å². The molecule has 0 fully saturated rings. The molecule has 0 aromatic carbocycles. The van der Waals surface area contributed by atoms with Gasteiger partial charge in [0.15, 0.2) is 6.10 Å². The van der Waals surface area contributed by atoms with Gasteiger partial charge in [0.1, 0.15) is 13.2 Å². The Morgan fingerprint density at radius 3 is 1.05 bits per heavy atom. The lowest BCUT2D eigenvalue weighted by Crippen LogP contribution is -2.30. The summed E-state index contributed by atoms with van der Waals surface area (Å²) < 4.78 is 16.8. The van der Waals surface area contributed by atoms with E-state index in [0.717, 1.165) is 103 Å². The third-order valence-electron chi connectivity index (χ3n) is 10.9. The second-order valence-corrected chi connectivity index (χ2v) is 17.0. The number of allylic oxidation sites excluding steroid dienone is 14. The minimum absolute atomic E-state index is 0.101. The summed E-state index contributed by atoms with van der Waals surface area (Å²) in [6.45, 7) is 6.43. The van der Waals surface area contributed by atoms with E-state index in [1.54, 1.807) is 0 Å². The molecule has 0 aliphatic heterocycles. The molecule has 0 spiro atoms. The molecule has 0 amide bonds. The Morgan fingerprint density at radius 1 is 0.333 bits per heavy atom. The van der Waals surface area contributed by atoms with Crippen molar-refractivity contribution in [3.05, 3.63) is 85.1 Å².